The zero-order valence-electron chi connectivity index (χ0n) is 10.1. The number of allylic oxidation sites excluding steroid dienone is 2. The Balaban J connectivity index is 3.20. The average molecular weight is 248 g/mol. The molecule has 0 spiro atoms. The first-order valence-corrected chi connectivity index (χ1v) is 5.53. The molecular formula is C13H16N2O3. The van der Waals surface area contributed by atoms with Crippen LogP contribution in [0.2, 0.25) is 0 Å². The number of urea groups is 1. The molecule has 0 aromatic carbocycles. The highest BCUT2D eigenvalue weighted by Crippen LogP contribution is 2.33. The third kappa shape index (κ3) is 2.11. The molecule has 0 aromatic heterocycles. The van der Waals surface area contributed by atoms with E-state index in [4.69, 9.17) is 0 Å². The van der Waals surface area contributed by atoms with E-state index in [0.717, 1.165) is 4.90 Å². The zero-order chi connectivity index (χ0) is 13.8. The molecule has 1 aliphatic rings. The van der Waals surface area contributed by atoms with Gasteiger partial charge in [-0.25, -0.2) is 4.79 Å². The largest absolute Gasteiger partial charge is 0.331 e. The standard InChI is InChI=1S/C13H16N2O3/c1-4-7-13(8-5-2)10(16)14-12(18)15(9-6-3)11(13)17/h4-6H,1-3,7-9H2,(H,14,16,18). The number of hydrogen-bond acceptors (Lipinski definition) is 3. The molecular weight excluding hydrogens is 232 g/mol. The van der Waals surface area contributed by atoms with Crippen LogP contribution >= 0.6 is 0 Å². The van der Waals surface area contributed by atoms with E-state index in [1.54, 1.807) is 0 Å². The molecule has 1 N–H and O–H groups in total. The van der Waals surface area contributed by atoms with Crippen molar-refractivity contribution in [2.45, 2.75) is 12.8 Å². The molecule has 18 heavy (non-hydrogen) atoms. The lowest BCUT2D eigenvalue weighted by molar-refractivity contribution is -0.150. The van der Waals surface area contributed by atoms with Crippen molar-refractivity contribution < 1.29 is 14.4 Å². The summed E-state index contributed by atoms with van der Waals surface area (Å²) in [6.07, 6.45) is 4.72. The first-order chi connectivity index (χ1) is 8.53. The predicted molar refractivity (Wildman–Crippen MR) is 67.5 cm³/mol. The number of carbonyl (C=O) groups excluding carboxylic acids is 3. The monoisotopic (exact) mass is 248 g/mol. The number of barbiturate groups is 1. The molecule has 0 radical (unpaired) electrons. The molecule has 1 aliphatic heterocycles. The van der Waals surface area contributed by atoms with Gasteiger partial charge in [0, 0.05) is 6.54 Å². The molecule has 1 saturated heterocycles. The van der Waals surface area contributed by atoms with E-state index >= 15 is 0 Å². The molecule has 5 nitrogen and oxygen atoms in total. The quantitative estimate of drug-likeness (QED) is 0.570. The second-order valence-electron chi connectivity index (χ2n) is 4.03. The number of nitrogens with zero attached hydrogens (tertiary/aromatic N) is 1. The van der Waals surface area contributed by atoms with Crippen LogP contribution in [0.5, 0.6) is 0 Å². The van der Waals surface area contributed by atoms with Crippen LogP contribution in [0.1, 0.15) is 12.8 Å². The Hall–Kier alpha value is -2.17. The molecule has 96 valence electrons. The van der Waals surface area contributed by atoms with Crippen molar-refractivity contribution in [2.75, 3.05) is 6.54 Å². The first-order valence-electron chi connectivity index (χ1n) is 5.53. The average Bonchev–Trinajstić information content (AvgIpc) is 2.32. The molecule has 0 atom stereocenters. The van der Waals surface area contributed by atoms with Gasteiger partial charge < -0.3 is 0 Å². The fourth-order valence-electron chi connectivity index (χ4n) is 1.96. The van der Waals surface area contributed by atoms with Crippen molar-refractivity contribution in [2.24, 2.45) is 5.41 Å². The summed E-state index contributed by atoms with van der Waals surface area (Å²) in [6, 6.07) is -0.714. The van der Waals surface area contributed by atoms with Gasteiger partial charge in [0.2, 0.25) is 11.8 Å². The van der Waals surface area contributed by atoms with Gasteiger partial charge in [0.15, 0.2) is 0 Å². The Bertz CT molecular complexity index is 416. The molecule has 1 heterocycles. The number of hydrogen-bond donors (Lipinski definition) is 1. The highest BCUT2D eigenvalue weighted by molar-refractivity contribution is 6.19. The predicted octanol–water partition coefficient (Wildman–Crippen LogP) is 1.39. The van der Waals surface area contributed by atoms with Gasteiger partial charge in [-0.3, -0.25) is 19.8 Å². The van der Waals surface area contributed by atoms with Crippen LogP contribution in [-0.4, -0.2) is 29.3 Å². The smallest absolute Gasteiger partial charge is 0.277 e. The summed E-state index contributed by atoms with van der Waals surface area (Å²) < 4.78 is 0. The van der Waals surface area contributed by atoms with Gasteiger partial charge in [0.25, 0.3) is 0 Å². The van der Waals surface area contributed by atoms with Crippen LogP contribution in [-0.2, 0) is 9.59 Å². The number of rotatable bonds is 6. The summed E-state index contributed by atoms with van der Waals surface area (Å²) in [7, 11) is 0. The normalized spacial score (nSPS) is 18.2. The first kappa shape index (κ1) is 13.9. The molecule has 1 rings (SSSR count). The molecule has 0 aromatic rings. The maximum atomic E-state index is 12.3. The van der Waals surface area contributed by atoms with E-state index in [1.165, 1.54) is 18.2 Å². The maximum Gasteiger partial charge on any atom is 0.331 e. The lowest BCUT2D eigenvalue weighted by Gasteiger charge is -2.37. The number of imide groups is 2. The lowest BCUT2D eigenvalue weighted by Crippen LogP contribution is -2.63. The summed E-state index contributed by atoms with van der Waals surface area (Å²) >= 11 is 0. The Morgan fingerprint density at radius 1 is 1.06 bits per heavy atom. The van der Waals surface area contributed by atoms with Crippen LogP contribution in [0.15, 0.2) is 38.0 Å². The van der Waals surface area contributed by atoms with E-state index in [-0.39, 0.29) is 19.4 Å². The van der Waals surface area contributed by atoms with E-state index in [0.29, 0.717) is 0 Å². The fraction of sp³-hybridized carbons (Fsp3) is 0.308. The van der Waals surface area contributed by atoms with Crippen molar-refractivity contribution in [1.82, 2.24) is 10.2 Å². The third-order valence-corrected chi connectivity index (χ3v) is 2.85. The van der Waals surface area contributed by atoms with Crippen LogP contribution < -0.4 is 5.32 Å². The van der Waals surface area contributed by atoms with Crippen molar-refractivity contribution in [3.05, 3.63) is 38.0 Å². The van der Waals surface area contributed by atoms with E-state index < -0.39 is 23.3 Å². The summed E-state index contributed by atoms with van der Waals surface area (Å²) in [5.41, 5.74) is -1.32. The minimum atomic E-state index is -1.32. The van der Waals surface area contributed by atoms with Gasteiger partial charge in [-0.05, 0) is 12.8 Å². The van der Waals surface area contributed by atoms with Crippen molar-refractivity contribution in [3.63, 3.8) is 0 Å². The van der Waals surface area contributed by atoms with Crippen molar-refractivity contribution in [1.29, 1.82) is 0 Å². The number of nitrogens with one attached hydrogen (secondary N) is 1. The highest BCUT2D eigenvalue weighted by atomic mass is 16.2. The van der Waals surface area contributed by atoms with Crippen LogP contribution in [0.3, 0.4) is 0 Å². The van der Waals surface area contributed by atoms with Gasteiger partial charge in [-0.1, -0.05) is 18.2 Å². The summed E-state index contributed by atoms with van der Waals surface area (Å²) in [5.74, 6) is -1.13. The molecule has 0 saturated carbocycles. The molecule has 0 unspecified atom stereocenters. The minimum absolute atomic E-state index is 0.0635. The van der Waals surface area contributed by atoms with Gasteiger partial charge in [0.1, 0.15) is 5.41 Å². The van der Waals surface area contributed by atoms with E-state index in [2.05, 4.69) is 25.1 Å². The van der Waals surface area contributed by atoms with Gasteiger partial charge in [0.05, 0.1) is 0 Å². The SMILES string of the molecule is C=CCN1C(=O)NC(=O)C(CC=C)(CC=C)C1=O. The summed E-state index contributed by atoms with van der Waals surface area (Å²) in [6.45, 7) is 10.6. The number of carbonyl (C=O) groups is 3. The second-order valence-corrected chi connectivity index (χ2v) is 4.03. The van der Waals surface area contributed by atoms with E-state index in [9.17, 15) is 14.4 Å². The number of amides is 4. The van der Waals surface area contributed by atoms with E-state index in [1.807, 2.05) is 0 Å². The maximum absolute atomic E-state index is 12.3. The molecule has 0 aliphatic carbocycles. The Morgan fingerprint density at radius 2 is 1.61 bits per heavy atom. The van der Waals surface area contributed by atoms with Crippen molar-refractivity contribution in [3.8, 4) is 0 Å². The van der Waals surface area contributed by atoms with Gasteiger partial charge in [-0.15, -0.1) is 19.7 Å². The Morgan fingerprint density at radius 3 is 2.06 bits per heavy atom. The summed E-state index contributed by atoms with van der Waals surface area (Å²) in [5, 5.41) is 2.19. The zero-order valence-corrected chi connectivity index (χ0v) is 10.1. The minimum Gasteiger partial charge on any atom is -0.277 e. The Labute approximate surface area is 106 Å². The Kier molecular flexibility index (Phi) is 4.20. The highest BCUT2D eigenvalue weighted by Gasteiger charge is 2.51. The fourth-order valence-corrected chi connectivity index (χ4v) is 1.96. The van der Waals surface area contributed by atoms with Crippen LogP contribution in [0, 0.1) is 5.41 Å². The molecule has 1 fully saturated rings. The van der Waals surface area contributed by atoms with Crippen LogP contribution in [0.4, 0.5) is 4.79 Å². The van der Waals surface area contributed by atoms with Crippen molar-refractivity contribution >= 4 is 17.8 Å². The topological polar surface area (TPSA) is 66.5 Å². The van der Waals surface area contributed by atoms with Crippen LogP contribution in [0.25, 0.3) is 0 Å². The molecule has 5 heteroatoms. The molecule has 0 bridgehead atoms. The lowest BCUT2D eigenvalue weighted by atomic mass is 9.77. The van der Waals surface area contributed by atoms with Gasteiger partial charge in [-0.2, -0.15) is 0 Å². The second kappa shape index (κ2) is 5.44. The summed E-state index contributed by atoms with van der Waals surface area (Å²) in [4.78, 5) is 36.9. The third-order valence-electron chi connectivity index (χ3n) is 2.85. The molecule has 4 amide bonds. The van der Waals surface area contributed by atoms with Gasteiger partial charge >= 0.3 is 6.03 Å².